The lowest BCUT2D eigenvalue weighted by atomic mass is 10.1. The quantitative estimate of drug-likeness (QED) is 0.774. The van der Waals surface area contributed by atoms with Crippen LogP contribution in [0.4, 0.5) is 5.82 Å². The first kappa shape index (κ1) is 14.3. The van der Waals surface area contributed by atoms with Gasteiger partial charge in [-0.1, -0.05) is 0 Å². The van der Waals surface area contributed by atoms with Crippen molar-refractivity contribution in [2.45, 2.75) is 19.3 Å². The molecule has 0 spiro atoms. The second-order valence-electron chi connectivity index (χ2n) is 5.64. The molecule has 7 heteroatoms. The molecule has 0 saturated carbocycles. The molecule has 1 aliphatic rings. The standard InChI is InChI=1S/C16H16N4O2S/c1-9(21)19-15-4-11-12(5-17-13(11)6-18-15)16-20-14(8-23-16)10-2-3-22-7-10/h4-6,8,10,17H,2-3,7H2,1H3,(H,18,19,21). The molecule has 1 saturated heterocycles. The maximum atomic E-state index is 11.2. The zero-order valence-electron chi connectivity index (χ0n) is 12.6. The number of thiazole rings is 1. The van der Waals surface area contributed by atoms with Crippen LogP contribution in [0.1, 0.15) is 25.0 Å². The van der Waals surface area contributed by atoms with Crippen molar-refractivity contribution in [2.24, 2.45) is 0 Å². The molecule has 0 radical (unpaired) electrons. The number of nitrogens with one attached hydrogen (secondary N) is 2. The summed E-state index contributed by atoms with van der Waals surface area (Å²) in [6.45, 7) is 3.05. The Labute approximate surface area is 136 Å². The Bertz CT molecular complexity index is 864. The van der Waals surface area contributed by atoms with Crippen LogP contribution in [-0.2, 0) is 9.53 Å². The molecular formula is C16H16N4O2S. The van der Waals surface area contributed by atoms with E-state index in [4.69, 9.17) is 9.72 Å². The summed E-state index contributed by atoms with van der Waals surface area (Å²) in [6.07, 6.45) is 4.70. The number of pyridine rings is 1. The van der Waals surface area contributed by atoms with Crippen molar-refractivity contribution in [1.29, 1.82) is 0 Å². The monoisotopic (exact) mass is 328 g/mol. The van der Waals surface area contributed by atoms with Crippen LogP contribution in [0.5, 0.6) is 0 Å². The molecule has 4 rings (SSSR count). The Kier molecular flexibility index (Phi) is 3.59. The highest BCUT2D eigenvalue weighted by Crippen LogP contribution is 2.34. The lowest BCUT2D eigenvalue weighted by molar-refractivity contribution is -0.114. The molecular weight excluding hydrogens is 312 g/mol. The second kappa shape index (κ2) is 5.75. The maximum absolute atomic E-state index is 11.2. The molecule has 0 bridgehead atoms. The van der Waals surface area contributed by atoms with E-state index in [1.54, 1.807) is 17.5 Å². The predicted octanol–water partition coefficient (Wildman–Crippen LogP) is 3.15. The summed E-state index contributed by atoms with van der Waals surface area (Å²) in [5.74, 6) is 0.820. The average molecular weight is 328 g/mol. The third kappa shape index (κ3) is 2.73. The Morgan fingerprint density at radius 1 is 1.52 bits per heavy atom. The molecule has 6 nitrogen and oxygen atoms in total. The fourth-order valence-electron chi connectivity index (χ4n) is 2.81. The van der Waals surface area contributed by atoms with Crippen LogP contribution in [0.25, 0.3) is 21.5 Å². The molecule has 1 atom stereocenters. The summed E-state index contributed by atoms with van der Waals surface area (Å²) in [4.78, 5) is 23.4. The summed E-state index contributed by atoms with van der Waals surface area (Å²) in [7, 11) is 0. The summed E-state index contributed by atoms with van der Waals surface area (Å²) >= 11 is 1.63. The zero-order chi connectivity index (χ0) is 15.8. The van der Waals surface area contributed by atoms with Gasteiger partial charge < -0.3 is 15.0 Å². The van der Waals surface area contributed by atoms with E-state index < -0.39 is 0 Å². The molecule has 23 heavy (non-hydrogen) atoms. The Balaban J connectivity index is 1.71. The molecule has 3 aromatic rings. The van der Waals surface area contributed by atoms with Crippen molar-refractivity contribution < 1.29 is 9.53 Å². The van der Waals surface area contributed by atoms with E-state index in [-0.39, 0.29) is 5.91 Å². The van der Waals surface area contributed by atoms with Crippen molar-refractivity contribution in [3.63, 3.8) is 0 Å². The maximum Gasteiger partial charge on any atom is 0.222 e. The lowest BCUT2D eigenvalue weighted by Crippen LogP contribution is -2.06. The van der Waals surface area contributed by atoms with Gasteiger partial charge in [0.25, 0.3) is 0 Å². The van der Waals surface area contributed by atoms with E-state index in [1.807, 2.05) is 12.3 Å². The van der Waals surface area contributed by atoms with Gasteiger partial charge in [0.1, 0.15) is 10.8 Å². The highest BCUT2D eigenvalue weighted by molar-refractivity contribution is 7.13. The number of aromatic nitrogens is 3. The number of amides is 1. The summed E-state index contributed by atoms with van der Waals surface area (Å²) in [5, 5.41) is 6.81. The molecule has 0 aliphatic carbocycles. The van der Waals surface area contributed by atoms with Crippen LogP contribution in [0, 0.1) is 0 Å². The minimum absolute atomic E-state index is 0.133. The van der Waals surface area contributed by atoms with Gasteiger partial charge in [0.15, 0.2) is 0 Å². The zero-order valence-corrected chi connectivity index (χ0v) is 13.4. The third-order valence-electron chi connectivity index (χ3n) is 3.97. The van der Waals surface area contributed by atoms with E-state index in [0.717, 1.165) is 46.8 Å². The Morgan fingerprint density at radius 3 is 3.22 bits per heavy atom. The molecule has 2 N–H and O–H groups in total. The number of aromatic amines is 1. The van der Waals surface area contributed by atoms with Gasteiger partial charge in [-0.25, -0.2) is 9.97 Å². The van der Waals surface area contributed by atoms with Gasteiger partial charge in [-0.3, -0.25) is 4.79 Å². The van der Waals surface area contributed by atoms with Crippen molar-refractivity contribution in [2.75, 3.05) is 18.5 Å². The number of fused-ring (bicyclic) bond motifs is 1. The molecule has 118 valence electrons. The highest BCUT2D eigenvalue weighted by Gasteiger charge is 2.21. The fourth-order valence-corrected chi connectivity index (χ4v) is 3.74. The molecule has 1 fully saturated rings. The number of hydrogen-bond acceptors (Lipinski definition) is 5. The van der Waals surface area contributed by atoms with Gasteiger partial charge in [0.2, 0.25) is 5.91 Å². The first-order valence-corrected chi connectivity index (χ1v) is 8.37. The number of carbonyl (C=O) groups excluding carboxylic acids is 1. The number of carbonyl (C=O) groups is 1. The van der Waals surface area contributed by atoms with E-state index in [1.165, 1.54) is 6.92 Å². The number of hydrogen-bond donors (Lipinski definition) is 2. The number of ether oxygens (including phenoxy) is 1. The van der Waals surface area contributed by atoms with Crippen LogP contribution in [-0.4, -0.2) is 34.1 Å². The van der Waals surface area contributed by atoms with Gasteiger partial charge in [-0.15, -0.1) is 11.3 Å². The summed E-state index contributed by atoms with van der Waals surface area (Å²) in [6, 6.07) is 1.88. The Morgan fingerprint density at radius 2 is 2.43 bits per heavy atom. The van der Waals surface area contributed by atoms with E-state index in [9.17, 15) is 4.79 Å². The minimum Gasteiger partial charge on any atom is -0.381 e. The van der Waals surface area contributed by atoms with Gasteiger partial charge in [0.05, 0.1) is 24.0 Å². The van der Waals surface area contributed by atoms with Crippen LogP contribution in [0.3, 0.4) is 0 Å². The SMILES string of the molecule is CC(=O)Nc1cc2c(-c3nc(C4CCOC4)cs3)c[nH]c2cn1. The van der Waals surface area contributed by atoms with Gasteiger partial charge >= 0.3 is 0 Å². The van der Waals surface area contributed by atoms with Crippen LogP contribution < -0.4 is 5.32 Å². The predicted molar refractivity (Wildman–Crippen MR) is 89.7 cm³/mol. The van der Waals surface area contributed by atoms with Crippen molar-refractivity contribution in [1.82, 2.24) is 15.0 Å². The largest absolute Gasteiger partial charge is 0.381 e. The third-order valence-corrected chi connectivity index (χ3v) is 4.86. The number of H-pyrrole nitrogens is 1. The number of anilines is 1. The number of nitrogens with zero attached hydrogens (tertiary/aromatic N) is 2. The van der Waals surface area contributed by atoms with E-state index in [0.29, 0.717) is 11.7 Å². The summed E-state index contributed by atoms with van der Waals surface area (Å²) < 4.78 is 5.44. The van der Waals surface area contributed by atoms with E-state index in [2.05, 4.69) is 20.7 Å². The second-order valence-corrected chi connectivity index (χ2v) is 6.49. The van der Waals surface area contributed by atoms with E-state index >= 15 is 0 Å². The number of rotatable bonds is 3. The average Bonchev–Trinajstić information content (AvgIpc) is 3.25. The van der Waals surface area contributed by atoms with Crippen molar-refractivity contribution >= 4 is 34.0 Å². The molecule has 1 unspecified atom stereocenters. The van der Waals surface area contributed by atoms with Crippen LogP contribution in [0.15, 0.2) is 23.8 Å². The fraction of sp³-hybridized carbons (Fsp3) is 0.312. The van der Waals surface area contributed by atoms with Crippen molar-refractivity contribution in [3.8, 4) is 10.6 Å². The van der Waals surface area contributed by atoms with Gasteiger partial charge in [-0.2, -0.15) is 0 Å². The molecule has 1 aliphatic heterocycles. The molecule has 1 amide bonds. The van der Waals surface area contributed by atoms with Crippen LogP contribution >= 0.6 is 11.3 Å². The van der Waals surface area contributed by atoms with Gasteiger partial charge in [0, 0.05) is 42.0 Å². The molecule has 4 heterocycles. The normalized spacial score (nSPS) is 17.7. The molecule has 0 aromatic carbocycles. The highest BCUT2D eigenvalue weighted by atomic mass is 32.1. The van der Waals surface area contributed by atoms with Gasteiger partial charge in [-0.05, 0) is 12.5 Å². The van der Waals surface area contributed by atoms with Crippen molar-refractivity contribution in [3.05, 3.63) is 29.5 Å². The lowest BCUT2D eigenvalue weighted by Gasteiger charge is -2.02. The smallest absolute Gasteiger partial charge is 0.222 e. The molecule has 3 aromatic heterocycles. The Hall–Kier alpha value is -2.25. The van der Waals surface area contributed by atoms with Crippen LogP contribution in [0.2, 0.25) is 0 Å². The first-order chi connectivity index (χ1) is 11.2. The topological polar surface area (TPSA) is 79.9 Å². The summed E-state index contributed by atoms with van der Waals surface area (Å²) in [5.41, 5.74) is 3.06. The first-order valence-electron chi connectivity index (χ1n) is 7.49. The minimum atomic E-state index is -0.133.